The third kappa shape index (κ3) is 3.29. The molecule has 2 aromatic rings. The number of benzene rings is 2. The van der Waals surface area contributed by atoms with E-state index in [9.17, 15) is 19.2 Å². The molecule has 170 valence electrons. The van der Waals surface area contributed by atoms with E-state index >= 15 is 0 Å². The van der Waals surface area contributed by atoms with E-state index in [4.69, 9.17) is 27.9 Å². The van der Waals surface area contributed by atoms with Crippen LogP contribution in [0.2, 0.25) is 10.0 Å². The molecule has 4 unspecified atom stereocenters. The van der Waals surface area contributed by atoms with Crippen molar-refractivity contribution in [2.75, 3.05) is 18.6 Å². The molecule has 3 heterocycles. The number of carbonyl (C=O) groups is 4. The maximum absolute atomic E-state index is 13.7. The molecular weight excluding hydrogens is 467 g/mol. The first-order chi connectivity index (χ1) is 15.8. The number of esters is 1. The Morgan fingerprint density at radius 2 is 1.73 bits per heavy atom. The first kappa shape index (κ1) is 22.1. The Labute approximate surface area is 200 Å². The molecule has 33 heavy (non-hydrogen) atoms. The fourth-order valence-corrected chi connectivity index (χ4v) is 6.05. The number of Topliss-reactive ketones (excluding diaryl/α,β-unsaturated/α-hetero) is 1. The highest BCUT2D eigenvalue weighted by molar-refractivity contribution is 6.37. The van der Waals surface area contributed by atoms with Crippen molar-refractivity contribution in [2.45, 2.75) is 24.9 Å². The summed E-state index contributed by atoms with van der Waals surface area (Å²) in [5.74, 6) is -3.35. The fraction of sp³-hybridized carbons (Fsp3) is 0.333. The van der Waals surface area contributed by atoms with Gasteiger partial charge in [-0.15, -0.1) is 0 Å². The van der Waals surface area contributed by atoms with Gasteiger partial charge in [0.15, 0.2) is 5.78 Å². The van der Waals surface area contributed by atoms with Crippen LogP contribution in [0.15, 0.2) is 42.5 Å². The number of carbonyl (C=O) groups excluding carboxylic acids is 4. The molecule has 7 nitrogen and oxygen atoms in total. The maximum atomic E-state index is 13.7. The molecule has 3 aliphatic rings. The maximum Gasteiger partial charge on any atom is 0.339 e. The number of hydrogen-bond donors (Lipinski definition) is 0. The first-order valence-electron chi connectivity index (χ1n) is 10.6. The largest absolute Gasteiger partial charge is 0.465 e. The molecule has 0 aliphatic carbocycles. The monoisotopic (exact) mass is 486 g/mol. The normalized spacial score (nSPS) is 26.5. The van der Waals surface area contributed by atoms with Gasteiger partial charge in [0.25, 0.3) is 0 Å². The minimum atomic E-state index is -0.854. The average molecular weight is 487 g/mol. The number of halogens is 2. The molecule has 2 amide bonds. The van der Waals surface area contributed by atoms with Crippen LogP contribution < -0.4 is 4.90 Å². The summed E-state index contributed by atoms with van der Waals surface area (Å²) in [6, 6.07) is 9.92. The van der Waals surface area contributed by atoms with Gasteiger partial charge < -0.3 is 4.74 Å². The molecule has 5 rings (SSSR count). The summed E-state index contributed by atoms with van der Waals surface area (Å²) >= 11 is 12.3. The van der Waals surface area contributed by atoms with E-state index in [0.717, 1.165) is 11.3 Å². The van der Waals surface area contributed by atoms with Crippen molar-refractivity contribution < 1.29 is 23.9 Å². The number of anilines is 1. The second-order valence-electron chi connectivity index (χ2n) is 8.45. The van der Waals surface area contributed by atoms with Gasteiger partial charge in [0.05, 0.1) is 41.3 Å². The van der Waals surface area contributed by atoms with Gasteiger partial charge in [-0.25, -0.2) is 9.69 Å². The van der Waals surface area contributed by atoms with E-state index in [2.05, 4.69) is 0 Å². The second-order valence-corrected chi connectivity index (χ2v) is 9.30. The van der Waals surface area contributed by atoms with E-state index < -0.39 is 35.7 Å². The van der Waals surface area contributed by atoms with E-state index in [0.29, 0.717) is 18.0 Å². The highest BCUT2D eigenvalue weighted by Gasteiger charge is 2.65. The lowest BCUT2D eigenvalue weighted by molar-refractivity contribution is -0.123. The Kier molecular flexibility index (Phi) is 5.51. The van der Waals surface area contributed by atoms with Crippen molar-refractivity contribution in [1.82, 2.24) is 4.90 Å². The van der Waals surface area contributed by atoms with Gasteiger partial charge in [-0.05, 0) is 49.7 Å². The molecule has 4 atom stereocenters. The molecule has 0 spiro atoms. The summed E-state index contributed by atoms with van der Waals surface area (Å²) in [6.07, 6.45) is 1.54. The average Bonchev–Trinajstić information content (AvgIpc) is 3.44. The predicted molar refractivity (Wildman–Crippen MR) is 122 cm³/mol. The van der Waals surface area contributed by atoms with Gasteiger partial charge in [0.1, 0.15) is 0 Å². The van der Waals surface area contributed by atoms with E-state index in [1.54, 1.807) is 30.3 Å². The Bertz CT molecular complexity index is 1200. The smallest absolute Gasteiger partial charge is 0.339 e. The van der Waals surface area contributed by atoms with Crippen molar-refractivity contribution in [3.8, 4) is 0 Å². The van der Waals surface area contributed by atoms with Gasteiger partial charge in [-0.3, -0.25) is 19.3 Å². The zero-order valence-electron chi connectivity index (χ0n) is 17.7. The summed E-state index contributed by atoms with van der Waals surface area (Å²) < 4.78 is 4.83. The van der Waals surface area contributed by atoms with E-state index in [1.165, 1.54) is 19.2 Å². The Morgan fingerprint density at radius 3 is 2.45 bits per heavy atom. The number of nitrogens with zero attached hydrogens (tertiary/aromatic N) is 2. The van der Waals surface area contributed by atoms with Crippen molar-refractivity contribution in [3.05, 3.63) is 63.6 Å². The minimum absolute atomic E-state index is 0.119. The molecule has 0 bridgehead atoms. The van der Waals surface area contributed by atoms with Crippen LogP contribution in [0, 0.1) is 11.8 Å². The number of methoxy groups -OCH3 is 1. The Morgan fingerprint density at radius 1 is 1.00 bits per heavy atom. The number of rotatable bonds is 4. The second kappa shape index (κ2) is 8.24. The molecule has 0 aromatic heterocycles. The molecule has 2 aromatic carbocycles. The standard InChI is InChI=1S/C24H20Cl2N2O5/c1-33-24(32)14-5-2-3-6-16(14)28-22(30)18-17-7-4-10-27(17)20(19(18)23(28)31)21(29)13-9-8-12(25)11-15(13)26/h2-3,5-6,8-9,11,17-20H,4,7,10H2,1H3. The Hall–Kier alpha value is -2.74. The molecule has 3 fully saturated rings. The topological polar surface area (TPSA) is 84.0 Å². The van der Waals surface area contributed by atoms with Crippen LogP contribution in [-0.2, 0) is 14.3 Å². The number of ketones is 1. The third-order valence-electron chi connectivity index (χ3n) is 6.87. The van der Waals surface area contributed by atoms with E-state index in [-0.39, 0.29) is 33.7 Å². The first-order valence-corrected chi connectivity index (χ1v) is 11.4. The molecule has 3 aliphatic heterocycles. The van der Waals surface area contributed by atoms with Gasteiger partial charge in [-0.2, -0.15) is 0 Å². The van der Waals surface area contributed by atoms with Crippen molar-refractivity contribution >= 4 is 52.5 Å². The highest BCUT2D eigenvalue weighted by Crippen LogP contribution is 2.49. The number of para-hydroxylation sites is 1. The lowest BCUT2D eigenvalue weighted by Crippen LogP contribution is -2.46. The predicted octanol–water partition coefficient (Wildman–Crippen LogP) is 3.62. The molecule has 9 heteroatoms. The summed E-state index contributed by atoms with van der Waals surface area (Å²) in [7, 11) is 1.24. The number of amides is 2. The van der Waals surface area contributed by atoms with Gasteiger partial charge in [0, 0.05) is 16.6 Å². The van der Waals surface area contributed by atoms with Crippen molar-refractivity contribution in [1.29, 1.82) is 0 Å². The highest BCUT2D eigenvalue weighted by atomic mass is 35.5. The van der Waals surface area contributed by atoms with Crippen LogP contribution in [0.25, 0.3) is 0 Å². The lowest BCUT2D eigenvalue weighted by Gasteiger charge is -2.28. The van der Waals surface area contributed by atoms with Crippen LogP contribution in [0.5, 0.6) is 0 Å². The molecule has 0 radical (unpaired) electrons. The van der Waals surface area contributed by atoms with Crippen molar-refractivity contribution in [3.63, 3.8) is 0 Å². The zero-order chi connectivity index (χ0) is 23.4. The zero-order valence-corrected chi connectivity index (χ0v) is 19.2. The van der Waals surface area contributed by atoms with Crippen LogP contribution >= 0.6 is 23.2 Å². The van der Waals surface area contributed by atoms with Crippen LogP contribution in [0.4, 0.5) is 5.69 Å². The molecule has 3 saturated heterocycles. The molecular formula is C24H20Cl2N2O5. The Balaban J connectivity index is 1.58. The van der Waals surface area contributed by atoms with Gasteiger partial charge >= 0.3 is 5.97 Å². The number of fused-ring (bicyclic) bond motifs is 3. The fourth-order valence-electron chi connectivity index (χ4n) is 5.55. The summed E-state index contributed by atoms with van der Waals surface area (Å²) in [4.78, 5) is 56.3. The number of hydrogen-bond acceptors (Lipinski definition) is 6. The van der Waals surface area contributed by atoms with Gasteiger partial charge in [-0.1, -0.05) is 35.3 Å². The van der Waals surface area contributed by atoms with Crippen LogP contribution in [-0.4, -0.2) is 54.2 Å². The van der Waals surface area contributed by atoms with E-state index in [1.807, 2.05) is 4.90 Å². The van der Waals surface area contributed by atoms with Gasteiger partial charge in [0.2, 0.25) is 11.8 Å². The molecule has 0 saturated carbocycles. The number of imide groups is 1. The minimum Gasteiger partial charge on any atom is -0.465 e. The van der Waals surface area contributed by atoms with Crippen molar-refractivity contribution in [2.24, 2.45) is 11.8 Å². The van der Waals surface area contributed by atoms with Crippen LogP contribution in [0.3, 0.4) is 0 Å². The quantitative estimate of drug-likeness (QED) is 0.372. The van der Waals surface area contributed by atoms with Crippen LogP contribution in [0.1, 0.15) is 33.6 Å². The summed E-state index contributed by atoms with van der Waals surface area (Å²) in [5, 5.41) is 0.606. The summed E-state index contributed by atoms with van der Waals surface area (Å²) in [5.41, 5.74) is 0.564. The molecule has 0 N–H and O–H groups in total. The number of ether oxygens (including phenoxy) is 1. The summed E-state index contributed by atoms with van der Waals surface area (Å²) in [6.45, 7) is 0.624. The third-order valence-corrected chi connectivity index (χ3v) is 7.42. The SMILES string of the molecule is COC(=O)c1ccccc1N1C(=O)C2C(C1=O)C(C(=O)c1ccc(Cl)cc1Cl)N1CCCC21. The lowest BCUT2D eigenvalue weighted by atomic mass is 9.85.